The molecule has 0 aliphatic carbocycles. The van der Waals surface area contributed by atoms with E-state index in [9.17, 15) is 9.59 Å². The molecule has 2 N–H and O–H groups in total. The zero-order chi connectivity index (χ0) is 23.3. The minimum absolute atomic E-state index is 0.275. The van der Waals surface area contributed by atoms with Gasteiger partial charge in [0.2, 0.25) is 5.91 Å². The molecule has 34 heavy (non-hydrogen) atoms. The van der Waals surface area contributed by atoms with Crippen LogP contribution in [-0.4, -0.2) is 27.2 Å². The fourth-order valence-electron chi connectivity index (χ4n) is 3.71. The number of aromatic nitrogens is 2. The van der Waals surface area contributed by atoms with Crippen LogP contribution in [0.4, 0.5) is 5.69 Å². The Balaban J connectivity index is 1.31. The normalized spacial score (nSPS) is 11.8. The van der Waals surface area contributed by atoms with Crippen molar-refractivity contribution < 1.29 is 9.59 Å². The molecule has 6 nitrogen and oxygen atoms in total. The zero-order valence-electron chi connectivity index (χ0n) is 18.2. The number of hydrogen-bond donors (Lipinski definition) is 2. The van der Waals surface area contributed by atoms with E-state index in [2.05, 4.69) is 15.6 Å². The highest BCUT2D eigenvalue weighted by Crippen LogP contribution is 2.23. The minimum atomic E-state index is -0.727. The molecule has 2 heterocycles. The van der Waals surface area contributed by atoms with Gasteiger partial charge in [-0.2, -0.15) is 0 Å². The van der Waals surface area contributed by atoms with Crippen LogP contribution < -0.4 is 10.6 Å². The van der Waals surface area contributed by atoms with Crippen molar-refractivity contribution in [2.75, 3.05) is 5.32 Å². The Hall–Kier alpha value is -4.23. The number of rotatable bonds is 7. The standard InChI is InChI=1S/C27H22N4O2S/c32-25(21-9-5-2-6-10-21)29-23(17-19-7-3-1-4-8-19)26(33)28-22-13-11-20(12-14-22)24-18-31-15-16-34-27(31)30-24/h1-16,18,23H,17H2,(H,28,33)(H,29,32). The molecule has 2 amide bonds. The van der Waals surface area contributed by atoms with Gasteiger partial charge < -0.3 is 10.6 Å². The molecule has 5 rings (SSSR count). The highest BCUT2D eigenvalue weighted by atomic mass is 32.1. The number of fused-ring (bicyclic) bond motifs is 1. The van der Waals surface area contributed by atoms with Crippen LogP contribution in [0.25, 0.3) is 16.2 Å². The number of thiazole rings is 1. The number of nitrogens with zero attached hydrogens (tertiary/aromatic N) is 2. The highest BCUT2D eigenvalue weighted by molar-refractivity contribution is 7.15. The van der Waals surface area contributed by atoms with Crippen LogP contribution in [-0.2, 0) is 11.2 Å². The molecular formula is C27H22N4O2S. The van der Waals surface area contributed by atoms with E-state index in [4.69, 9.17) is 0 Å². The van der Waals surface area contributed by atoms with E-state index in [1.54, 1.807) is 35.6 Å². The third kappa shape index (κ3) is 4.89. The maximum atomic E-state index is 13.2. The molecule has 2 aromatic heterocycles. The lowest BCUT2D eigenvalue weighted by atomic mass is 10.0. The van der Waals surface area contributed by atoms with Crippen LogP contribution in [0.5, 0.6) is 0 Å². The summed E-state index contributed by atoms with van der Waals surface area (Å²) in [6, 6.07) is 25.4. The summed E-state index contributed by atoms with van der Waals surface area (Å²) in [6.07, 6.45) is 4.34. The Bertz CT molecular complexity index is 1380. The van der Waals surface area contributed by atoms with Gasteiger partial charge in [0.25, 0.3) is 5.91 Å². The minimum Gasteiger partial charge on any atom is -0.340 e. The van der Waals surface area contributed by atoms with Gasteiger partial charge in [0.1, 0.15) is 6.04 Å². The van der Waals surface area contributed by atoms with E-state index in [-0.39, 0.29) is 11.8 Å². The largest absolute Gasteiger partial charge is 0.340 e. The number of benzene rings is 3. The molecular weight excluding hydrogens is 444 g/mol. The van der Waals surface area contributed by atoms with Crippen molar-refractivity contribution in [1.82, 2.24) is 14.7 Å². The van der Waals surface area contributed by atoms with Gasteiger partial charge in [0.15, 0.2) is 4.96 Å². The van der Waals surface area contributed by atoms with Crippen molar-refractivity contribution in [3.8, 4) is 11.3 Å². The number of hydrogen-bond acceptors (Lipinski definition) is 4. The molecule has 5 aromatic rings. The average Bonchev–Trinajstić information content (AvgIpc) is 3.48. The number of anilines is 1. The molecule has 0 aliphatic heterocycles. The molecule has 7 heteroatoms. The van der Waals surface area contributed by atoms with Crippen LogP contribution in [0, 0.1) is 0 Å². The first kappa shape index (κ1) is 21.6. The zero-order valence-corrected chi connectivity index (χ0v) is 19.0. The van der Waals surface area contributed by atoms with E-state index < -0.39 is 6.04 Å². The van der Waals surface area contributed by atoms with Crippen LogP contribution in [0.1, 0.15) is 15.9 Å². The summed E-state index contributed by atoms with van der Waals surface area (Å²) in [5.41, 5.74) is 3.97. The Labute approximate surface area is 200 Å². The number of carbonyl (C=O) groups is 2. The second-order valence-electron chi connectivity index (χ2n) is 7.87. The van der Waals surface area contributed by atoms with E-state index in [0.29, 0.717) is 17.7 Å². The predicted molar refractivity (Wildman–Crippen MR) is 135 cm³/mol. The Morgan fingerprint density at radius 2 is 1.62 bits per heavy atom. The summed E-state index contributed by atoms with van der Waals surface area (Å²) in [4.78, 5) is 31.5. The van der Waals surface area contributed by atoms with E-state index in [1.165, 1.54) is 0 Å². The van der Waals surface area contributed by atoms with Crippen LogP contribution in [0.2, 0.25) is 0 Å². The molecule has 1 atom stereocenters. The lowest BCUT2D eigenvalue weighted by molar-refractivity contribution is -0.118. The Morgan fingerprint density at radius 1 is 0.912 bits per heavy atom. The molecule has 0 fully saturated rings. The number of carbonyl (C=O) groups excluding carboxylic acids is 2. The monoisotopic (exact) mass is 466 g/mol. The van der Waals surface area contributed by atoms with Crippen LogP contribution in [0.3, 0.4) is 0 Å². The Morgan fingerprint density at radius 3 is 2.32 bits per heavy atom. The third-order valence-corrected chi connectivity index (χ3v) is 6.25. The summed E-state index contributed by atoms with van der Waals surface area (Å²) in [6.45, 7) is 0. The number of amides is 2. The highest BCUT2D eigenvalue weighted by Gasteiger charge is 2.22. The molecule has 1 unspecified atom stereocenters. The number of nitrogens with one attached hydrogen (secondary N) is 2. The SMILES string of the molecule is O=C(NC(Cc1ccccc1)C(=O)Nc1ccc(-c2cn3ccsc3n2)cc1)c1ccccc1. The fourth-order valence-corrected chi connectivity index (χ4v) is 4.41. The molecule has 0 aliphatic rings. The van der Waals surface area contributed by atoms with Crippen LogP contribution >= 0.6 is 11.3 Å². The summed E-state index contributed by atoms with van der Waals surface area (Å²) < 4.78 is 1.99. The molecule has 0 spiro atoms. The quantitative estimate of drug-likeness (QED) is 0.353. The van der Waals surface area contributed by atoms with Gasteiger partial charge in [-0.15, -0.1) is 11.3 Å². The van der Waals surface area contributed by atoms with Gasteiger partial charge in [-0.3, -0.25) is 14.0 Å². The van der Waals surface area contributed by atoms with Crippen molar-refractivity contribution in [2.45, 2.75) is 12.5 Å². The Kier molecular flexibility index (Phi) is 6.18. The summed E-state index contributed by atoms with van der Waals surface area (Å²) in [7, 11) is 0. The molecule has 0 saturated heterocycles. The maximum absolute atomic E-state index is 13.2. The van der Waals surface area contributed by atoms with E-state index in [0.717, 1.165) is 21.8 Å². The van der Waals surface area contributed by atoms with Crippen molar-refractivity contribution >= 4 is 33.8 Å². The van der Waals surface area contributed by atoms with Gasteiger partial charge in [-0.05, 0) is 29.8 Å². The first-order valence-corrected chi connectivity index (χ1v) is 11.8. The van der Waals surface area contributed by atoms with Crippen LogP contribution in [0.15, 0.2) is 103 Å². The van der Waals surface area contributed by atoms with E-state index in [1.807, 2.05) is 82.8 Å². The molecule has 0 saturated carbocycles. The molecule has 0 radical (unpaired) electrons. The molecule has 168 valence electrons. The lowest BCUT2D eigenvalue weighted by Gasteiger charge is -2.19. The summed E-state index contributed by atoms with van der Waals surface area (Å²) >= 11 is 1.58. The first-order valence-electron chi connectivity index (χ1n) is 10.9. The van der Waals surface area contributed by atoms with Crippen molar-refractivity contribution in [2.24, 2.45) is 0 Å². The van der Waals surface area contributed by atoms with Gasteiger partial charge >= 0.3 is 0 Å². The topological polar surface area (TPSA) is 75.5 Å². The van der Waals surface area contributed by atoms with Crippen molar-refractivity contribution in [3.05, 3.63) is 114 Å². The smallest absolute Gasteiger partial charge is 0.251 e. The van der Waals surface area contributed by atoms with Gasteiger partial charge in [-0.25, -0.2) is 4.98 Å². The third-order valence-electron chi connectivity index (χ3n) is 5.48. The van der Waals surface area contributed by atoms with Gasteiger partial charge in [0.05, 0.1) is 5.69 Å². The maximum Gasteiger partial charge on any atom is 0.251 e. The second-order valence-corrected chi connectivity index (χ2v) is 8.74. The predicted octanol–water partition coefficient (Wildman–Crippen LogP) is 5.04. The molecule has 3 aromatic carbocycles. The van der Waals surface area contributed by atoms with Crippen molar-refractivity contribution in [1.29, 1.82) is 0 Å². The van der Waals surface area contributed by atoms with E-state index >= 15 is 0 Å². The van der Waals surface area contributed by atoms with Gasteiger partial charge in [0, 0.05) is 41.0 Å². The second kappa shape index (κ2) is 9.72. The average molecular weight is 467 g/mol. The first-order chi connectivity index (χ1) is 16.7. The summed E-state index contributed by atoms with van der Waals surface area (Å²) in [5, 5.41) is 7.82. The lowest BCUT2D eigenvalue weighted by Crippen LogP contribution is -2.45. The number of imidazole rings is 1. The summed E-state index contributed by atoms with van der Waals surface area (Å²) in [5.74, 6) is -0.560. The van der Waals surface area contributed by atoms with Gasteiger partial charge in [-0.1, -0.05) is 60.7 Å². The van der Waals surface area contributed by atoms with Crippen molar-refractivity contribution in [3.63, 3.8) is 0 Å². The fraction of sp³-hybridized carbons (Fsp3) is 0.0741. The molecule has 0 bridgehead atoms.